The van der Waals surface area contributed by atoms with Crippen molar-refractivity contribution in [2.45, 2.75) is 45.8 Å². The molecule has 24 heavy (non-hydrogen) atoms. The van der Waals surface area contributed by atoms with Crippen molar-refractivity contribution >= 4 is 27.4 Å². The number of hydrogen-bond acceptors (Lipinski definition) is 8. The lowest BCUT2D eigenvalue weighted by molar-refractivity contribution is 0.0326. The van der Waals surface area contributed by atoms with Gasteiger partial charge >= 0.3 is 0 Å². The van der Waals surface area contributed by atoms with E-state index in [9.17, 15) is 0 Å². The van der Waals surface area contributed by atoms with Crippen molar-refractivity contribution < 1.29 is 9.26 Å². The zero-order valence-electron chi connectivity index (χ0n) is 13.9. The molecule has 1 fully saturated rings. The molecular formula is C16H19N5O2S. The lowest BCUT2D eigenvalue weighted by atomic mass is 10.2. The van der Waals surface area contributed by atoms with Crippen LogP contribution in [0.5, 0.6) is 0 Å². The Kier molecular flexibility index (Phi) is 3.93. The van der Waals surface area contributed by atoms with Gasteiger partial charge in [-0.1, -0.05) is 5.16 Å². The molecule has 0 aromatic carbocycles. The van der Waals surface area contributed by atoms with Crippen LogP contribution in [0.2, 0.25) is 0 Å². The predicted octanol–water partition coefficient (Wildman–Crippen LogP) is 3.33. The molecule has 8 heteroatoms. The van der Waals surface area contributed by atoms with Crippen LogP contribution in [0.1, 0.15) is 42.0 Å². The van der Waals surface area contributed by atoms with E-state index in [1.165, 1.54) is 5.56 Å². The van der Waals surface area contributed by atoms with Crippen LogP contribution in [-0.4, -0.2) is 32.8 Å². The highest BCUT2D eigenvalue weighted by molar-refractivity contribution is 7.17. The van der Waals surface area contributed by atoms with Crippen LogP contribution in [0.25, 0.3) is 10.2 Å². The van der Waals surface area contributed by atoms with E-state index in [0.717, 1.165) is 34.7 Å². The van der Waals surface area contributed by atoms with Crippen LogP contribution < -0.4 is 5.32 Å². The molecule has 1 saturated heterocycles. The summed E-state index contributed by atoms with van der Waals surface area (Å²) in [7, 11) is 0. The number of nitrogens with zero attached hydrogens (tertiary/aromatic N) is 4. The molecule has 3 aromatic heterocycles. The number of aromatic nitrogens is 4. The highest BCUT2D eigenvalue weighted by Gasteiger charge is 2.30. The number of fused-ring (bicyclic) bond motifs is 1. The fourth-order valence-corrected chi connectivity index (χ4v) is 3.98. The average Bonchev–Trinajstić information content (AvgIpc) is 3.25. The third-order valence-electron chi connectivity index (χ3n) is 4.15. The van der Waals surface area contributed by atoms with Gasteiger partial charge in [0.05, 0.1) is 11.5 Å². The summed E-state index contributed by atoms with van der Waals surface area (Å²) in [6, 6.07) is 0. The first-order valence-electron chi connectivity index (χ1n) is 8.02. The maximum Gasteiger partial charge on any atom is 0.255 e. The van der Waals surface area contributed by atoms with Gasteiger partial charge in [-0.3, -0.25) is 0 Å². The largest absolute Gasteiger partial charge is 0.367 e. The number of ether oxygens (including phenoxy) is 1. The van der Waals surface area contributed by atoms with E-state index in [2.05, 4.69) is 37.7 Å². The molecule has 2 atom stereocenters. The standard InChI is InChI=1S/C16H19N5O2S/c1-8-7-24-16-13(8)14(18-9(2)20-16)17-6-11-4-5-12(22-11)15-19-10(3)21-23-15/h7,11-12H,4-6H2,1-3H3,(H,17,18,20)/t11-,12+/m1/s1. The summed E-state index contributed by atoms with van der Waals surface area (Å²) in [5, 5.41) is 10.5. The van der Waals surface area contributed by atoms with Gasteiger partial charge < -0.3 is 14.6 Å². The van der Waals surface area contributed by atoms with Crippen LogP contribution >= 0.6 is 11.3 Å². The van der Waals surface area contributed by atoms with Crippen molar-refractivity contribution in [3.63, 3.8) is 0 Å². The minimum absolute atomic E-state index is 0.103. The zero-order chi connectivity index (χ0) is 16.7. The second kappa shape index (κ2) is 6.10. The highest BCUT2D eigenvalue weighted by atomic mass is 32.1. The van der Waals surface area contributed by atoms with Gasteiger partial charge in [-0.25, -0.2) is 9.97 Å². The molecule has 0 saturated carbocycles. The highest BCUT2D eigenvalue weighted by Crippen LogP contribution is 2.33. The Morgan fingerprint density at radius 1 is 1.17 bits per heavy atom. The van der Waals surface area contributed by atoms with Crippen molar-refractivity contribution in [2.75, 3.05) is 11.9 Å². The first kappa shape index (κ1) is 15.5. The van der Waals surface area contributed by atoms with Gasteiger partial charge in [0.25, 0.3) is 5.89 Å². The van der Waals surface area contributed by atoms with E-state index < -0.39 is 0 Å². The molecule has 126 valence electrons. The van der Waals surface area contributed by atoms with Crippen LogP contribution in [0.4, 0.5) is 5.82 Å². The second-order valence-corrected chi connectivity index (χ2v) is 6.96. The Morgan fingerprint density at radius 3 is 2.83 bits per heavy atom. The van der Waals surface area contributed by atoms with Gasteiger partial charge in [-0.15, -0.1) is 11.3 Å². The molecule has 4 rings (SSSR count). The fourth-order valence-electron chi connectivity index (χ4n) is 3.01. The molecule has 0 amide bonds. The first-order chi connectivity index (χ1) is 11.6. The van der Waals surface area contributed by atoms with E-state index in [1.54, 1.807) is 11.3 Å². The van der Waals surface area contributed by atoms with Gasteiger partial charge in [0.1, 0.15) is 22.6 Å². The lowest BCUT2D eigenvalue weighted by Crippen LogP contribution is -2.20. The van der Waals surface area contributed by atoms with Gasteiger partial charge in [0.15, 0.2) is 5.82 Å². The van der Waals surface area contributed by atoms with Gasteiger partial charge in [-0.05, 0) is 44.6 Å². The number of hydrogen-bond donors (Lipinski definition) is 1. The van der Waals surface area contributed by atoms with E-state index >= 15 is 0 Å². The summed E-state index contributed by atoms with van der Waals surface area (Å²) < 4.78 is 11.2. The number of rotatable bonds is 4. The maximum absolute atomic E-state index is 6.04. The smallest absolute Gasteiger partial charge is 0.255 e. The quantitative estimate of drug-likeness (QED) is 0.776. The topological polar surface area (TPSA) is 86.0 Å². The van der Waals surface area contributed by atoms with Crippen LogP contribution in [0, 0.1) is 20.8 Å². The summed E-state index contributed by atoms with van der Waals surface area (Å²) in [5.74, 6) is 2.88. The molecule has 4 heterocycles. The number of anilines is 1. The summed E-state index contributed by atoms with van der Waals surface area (Å²) >= 11 is 1.65. The molecule has 3 aromatic rings. The molecular weight excluding hydrogens is 326 g/mol. The third-order valence-corrected chi connectivity index (χ3v) is 5.14. The Bertz CT molecular complexity index is 875. The maximum atomic E-state index is 6.04. The van der Waals surface area contributed by atoms with Crippen molar-refractivity contribution in [3.05, 3.63) is 28.5 Å². The number of aryl methyl sites for hydroxylation is 3. The number of thiophene rings is 1. The SMILES string of the molecule is Cc1noc([C@@H]2CC[C@H](CNc3nc(C)nc4scc(C)c34)O2)n1. The minimum Gasteiger partial charge on any atom is -0.367 e. The molecule has 7 nitrogen and oxygen atoms in total. The monoisotopic (exact) mass is 345 g/mol. The van der Waals surface area contributed by atoms with Crippen molar-refractivity contribution in [3.8, 4) is 0 Å². The Labute approximate surface area is 143 Å². The van der Waals surface area contributed by atoms with E-state index in [1.807, 2.05) is 13.8 Å². The minimum atomic E-state index is -0.104. The van der Waals surface area contributed by atoms with Crippen LogP contribution in [0.3, 0.4) is 0 Å². The molecule has 1 aliphatic rings. The Hall–Kier alpha value is -2.06. The van der Waals surface area contributed by atoms with Crippen molar-refractivity contribution in [1.29, 1.82) is 0 Å². The third kappa shape index (κ3) is 2.87. The van der Waals surface area contributed by atoms with Gasteiger partial charge in [-0.2, -0.15) is 4.98 Å². The zero-order valence-corrected chi connectivity index (χ0v) is 14.7. The summed E-state index contributed by atoms with van der Waals surface area (Å²) in [4.78, 5) is 14.3. The van der Waals surface area contributed by atoms with Crippen molar-refractivity contribution in [1.82, 2.24) is 20.1 Å². The van der Waals surface area contributed by atoms with Crippen LogP contribution in [0.15, 0.2) is 9.90 Å². The molecule has 0 unspecified atom stereocenters. The fraction of sp³-hybridized carbons (Fsp3) is 0.500. The van der Waals surface area contributed by atoms with Crippen molar-refractivity contribution in [2.24, 2.45) is 0 Å². The summed E-state index contributed by atoms with van der Waals surface area (Å²) in [5.41, 5.74) is 1.20. The molecule has 0 aliphatic carbocycles. The first-order valence-corrected chi connectivity index (χ1v) is 8.90. The normalized spacial score (nSPS) is 20.8. The van der Waals surface area contributed by atoms with E-state index in [0.29, 0.717) is 18.3 Å². The summed E-state index contributed by atoms with van der Waals surface area (Å²) in [6.07, 6.45) is 1.85. The Balaban J connectivity index is 1.45. The van der Waals surface area contributed by atoms with Crippen LogP contribution in [-0.2, 0) is 4.74 Å². The van der Waals surface area contributed by atoms with Gasteiger partial charge in [0.2, 0.25) is 0 Å². The summed E-state index contributed by atoms with van der Waals surface area (Å²) in [6.45, 7) is 6.51. The van der Waals surface area contributed by atoms with E-state index in [-0.39, 0.29) is 12.2 Å². The number of nitrogens with one attached hydrogen (secondary N) is 1. The molecule has 0 radical (unpaired) electrons. The predicted molar refractivity (Wildman–Crippen MR) is 91.3 cm³/mol. The van der Waals surface area contributed by atoms with E-state index in [4.69, 9.17) is 9.26 Å². The average molecular weight is 345 g/mol. The molecule has 0 bridgehead atoms. The molecule has 0 spiro atoms. The molecule has 1 aliphatic heterocycles. The second-order valence-electron chi connectivity index (χ2n) is 6.10. The Morgan fingerprint density at radius 2 is 2.04 bits per heavy atom. The molecule has 1 N–H and O–H groups in total. The van der Waals surface area contributed by atoms with Gasteiger partial charge in [0, 0.05) is 6.54 Å². The lowest BCUT2D eigenvalue weighted by Gasteiger charge is -2.14.